The highest BCUT2D eigenvalue weighted by Crippen LogP contribution is 2.16. The van der Waals surface area contributed by atoms with E-state index in [1.54, 1.807) is 0 Å². The van der Waals surface area contributed by atoms with Gasteiger partial charge < -0.3 is 0 Å². The maximum atomic E-state index is 13.4. The third kappa shape index (κ3) is 1.71. The van der Waals surface area contributed by atoms with E-state index in [4.69, 9.17) is 0 Å². The van der Waals surface area contributed by atoms with E-state index in [1.165, 1.54) is 18.4 Å². The van der Waals surface area contributed by atoms with Crippen LogP contribution in [0.2, 0.25) is 0 Å². The molecular formula is C8H6F2N4OS. The summed E-state index contributed by atoms with van der Waals surface area (Å²) < 4.78 is 38.5. The maximum Gasteiger partial charge on any atom is 0.244 e. The molecule has 0 aliphatic rings. The molecule has 0 amide bonds. The Morgan fingerprint density at radius 1 is 1.38 bits per heavy atom. The quantitative estimate of drug-likeness (QED) is 0.779. The minimum absolute atomic E-state index is 0.0375. The van der Waals surface area contributed by atoms with Crippen molar-refractivity contribution in [3.63, 3.8) is 0 Å². The minimum atomic E-state index is -1.49. The molecule has 1 heterocycles. The lowest BCUT2D eigenvalue weighted by Gasteiger charge is -2.03. The third-order valence-corrected chi connectivity index (χ3v) is 2.63. The van der Waals surface area contributed by atoms with Crippen molar-refractivity contribution in [2.75, 3.05) is 6.26 Å². The fourth-order valence-electron chi connectivity index (χ4n) is 1.17. The molecule has 2 aromatic rings. The van der Waals surface area contributed by atoms with Gasteiger partial charge in [0.1, 0.15) is 5.69 Å². The van der Waals surface area contributed by atoms with Crippen molar-refractivity contribution >= 4 is 10.8 Å². The topological polar surface area (TPSA) is 60.7 Å². The first kappa shape index (κ1) is 10.8. The molecular weight excluding hydrogens is 238 g/mol. The van der Waals surface area contributed by atoms with E-state index in [2.05, 4.69) is 15.5 Å². The standard InChI is InChI=1S/C8H6F2N4OS/c1-16(15)8-11-12-13-14(8)6-4-2-3-5(9)7(6)10/h2-4H,1H3. The Bertz CT molecular complexity index is 557. The van der Waals surface area contributed by atoms with Gasteiger partial charge in [-0.2, -0.15) is 4.68 Å². The molecule has 0 radical (unpaired) electrons. The molecule has 0 saturated heterocycles. The molecule has 16 heavy (non-hydrogen) atoms. The van der Waals surface area contributed by atoms with Crippen molar-refractivity contribution in [1.82, 2.24) is 20.2 Å². The Kier molecular flexibility index (Phi) is 2.73. The van der Waals surface area contributed by atoms with E-state index in [0.29, 0.717) is 0 Å². The summed E-state index contributed by atoms with van der Waals surface area (Å²) in [5.74, 6) is -2.10. The summed E-state index contributed by atoms with van der Waals surface area (Å²) in [6.45, 7) is 0. The van der Waals surface area contributed by atoms with Crippen molar-refractivity contribution in [2.45, 2.75) is 5.16 Å². The fraction of sp³-hybridized carbons (Fsp3) is 0.125. The minimum Gasteiger partial charge on any atom is -0.251 e. The second-order valence-corrected chi connectivity index (χ2v) is 4.17. The highest BCUT2D eigenvalue weighted by molar-refractivity contribution is 7.84. The van der Waals surface area contributed by atoms with Gasteiger partial charge in [0, 0.05) is 6.26 Å². The monoisotopic (exact) mass is 244 g/mol. The number of benzene rings is 1. The second-order valence-electron chi connectivity index (χ2n) is 2.90. The van der Waals surface area contributed by atoms with Gasteiger partial charge in [-0.15, -0.1) is 0 Å². The number of aromatic nitrogens is 4. The van der Waals surface area contributed by atoms with Crippen LogP contribution in [0, 0.1) is 11.6 Å². The van der Waals surface area contributed by atoms with Crippen molar-refractivity contribution in [1.29, 1.82) is 0 Å². The summed E-state index contributed by atoms with van der Waals surface area (Å²) in [5, 5.41) is 10.2. The van der Waals surface area contributed by atoms with Crippen LogP contribution in [0.5, 0.6) is 0 Å². The summed E-state index contributed by atoms with van der Waals surface area (Å²) in [7, 11) is -1.49. The van der Waals surface area contributed by atoms with E-state index in [-0.39, 0.29) is 10.8 Å². The molecule has 5 nitrogen and oxygen atoms in total. The molecule has 0 fully saturated rings. The highest BCUT2D eigenvalue weighted by Gasteiger charge is 2.16. The summed E-state index contributed by atoms with van der Waals surface area (Å²) in [6, 6.07) is 3.59. The normalized spacial score (nSPS) is 12.7. The van der Waals surface area contributed by atoms with Crippen LogP contribution in [0.3, 0.4) is 0 Å². The van der Waals surface area contributed by atoms with Crippen LogP contribution in [0.1, 0.15) is 0 Å². The van der Waals surface area contributed by atoms with Crippen molar-refractivity contribution in [3.05, 3.63) is 29.8 Å². The van der Waals surface area contributed by atoms with Gasteiger partial charge in [0.2, 0.25) is 5.16 Å². The Hall–Kier alpha value is -1.70. The summed E-state index contributed by atoms with van der Waals surface area (Å²) in [5.41, 5.74) is -0.171. The van der Waals surface area contributed by atoms with E-state index in [1.807, 2.05) is 0 Å². The maximum absolute atomic E-state index is 13.4. The smallest absolute Gasteiger partial charge is 0.244 e. The molecule has 1 atom stereocenters. The van der Waals surface area contributed by atoms with Crippen LogP contribution < -0.4 is 0 Å². The predicted octanol–water partition coefficient (Wildman–Crippen LogP) is 0.678. The Labute approximate surface area is 91.5 Å². The van der Waals surface area contributed by atoms with Crippen LogP contribution in [0.25, 0.3) is 5.69 Å². The average molecular weight is 244 g/mol. The molecule has 1 unspecified atom stereocenters. The summed E-state index contributed by atoms with van der Waals surface area (Å²) >= 11 is 0. The van der Waals surface area contributed by atoms with Crippen LogP contribution in [-0.2, 0) is 10.8 Å². The van der Waals surface area contributed by atoms with Gasteiger partial charge in [-0.05, 0) is 22.6 Å². The van der Waals surface area contributed by atoms with Gasteiger partial charge in [-0.1, -0.05) is 11.2 Å². The van der Waals surface area contributed by atoms with Gasteiger partial charge in [0.25, 0.3) is 0 Å². The lowest BCUT2D eigenvalue weighted by atomic mass is 10.3. The van der Waals surface area contributed by atoms with E-state index < -0.39 is 22.4 Å². The number of rotatable bonds is 2. The molecule has 0 spiro atoms. The van der Waals surface area contributed by atoms with Crippen molar-refractivity contribution in [3.8, 4) is 5.69 Å². The second kappa shape index (κ2) is 4.05. The van der Waals surface area contributed by atoms with Gasteiger partial charge in [-0.25, -0.2) is 8.78 Å². The Morgan fingerprint density at radius 2 is 2.12 bits per heavy atom. The number of halogens is 2. The van der Waals surface area contributed by atoms with Crippen LogP contribution in [-0.4, -0.2) is 30.7 Å². The van der Waals surface area contributed by atoms with Gasteiger partial charge in [0.15, 0.2) is 11.6 Å². The zero-order valence-electron chi connectivity index (χ0n) is 8.09. The van der Waals surface area contributed by atoms with Gasteiger partial charge in [-0.3, -0.25) is 4.21 Å². The zero-order chi connectivity index (χ0) is 11.7. The zero-order valence-corrected chi connectivity index (χ0v) is 8.91. The molecule has 0 aliphatic heterocycles. The first-order valence-electron chi connectivity index (χ1n) is 4.17. The molecule has 0 aliphatic carbocycles. The lowest BCUT2D eigenvalue weighted by Crippen LogP contribution is -2.07. The van der Waals surface area contributed by atoms with E-state index in [0.717, 1.165) is 10.7 Å². The average Bonchev–Trinajstić information content (AvgIpc) is 2.70. The molecule has 2 rings (SSSR count). The van der Waals surface area contributed by atoms with Gasteiger partial charge in [0.05, 0.1) is 10.8 Å². The largest absolute Gasteiger partial charge is 0.251 e. The summed E-state index contributed by atoms with van der Waals surface area (Å²) in [6.07, 6.45) is 1.35. The number of nitrogens with zero attached hydrogens (tertiary/aromatic N) is 4. The van der Waals surface area contributed by atoms with Gasteiger partial charge >= 0.3 is 0 Å². The molecule has 0 N–H and O–H groups in total. The molecule has 1 aromatic carbocycles. The molecule has 8 heteroatoms. The molecule has 1 aromatic heterocycles. The van der Waals surface area contributed by atoms with E-state index in [9.17, 15) is 13.0 Å². The number of hydrogen-bond donors (Lipinski definition) is 0. The van der Waals surface area contributed by atoms with E-state index >= 15 is 0 Å². The first-order valence-corrected chi connectivity index (χ1v) is 5.73. The van der Waals surface area contributed by atoms with Crippen molar-refractivity contribution in [2.24, 2.45) is 0 Å². The SMILES string of the molecule is CS(=O)c1nnnn1-c1cccc(F)c1F. The molecule has 0 bridgehead atoms. The number of tetrazole rings is 1. The molecule has 0 saturated carbocycles. The lowest BCUT2D eigenvalue weighted by molar-refractivity contribution is 0.497. The summed E-state index contributed by atoms with van der Waals surface area (Å²) in [4.78, 5) is 0. The van der Waals surface area contributed by atoms with Crippen LogP contribution in [0.4, 0.5) is 8.78 Å². The third-order valence-electron chi connectivity index (χ3n) is 1.86. The Balaban J connectivity index is 2.63. The van der Waals surface area contributed by atoms with Crippen LogP contribution >= 0.6 is 0 Å². The number of hydrogen-bond acceptors (Lipinski definition) is 4. The Morgan fingerprint density at radius 3 is 2.81 bits per heavy atom. The molecule has 84 valence electrons. The highest BCUT2D eigenvalue weighted by atomic mass is 32.2. The first-order chi connectivity index (χ1) is 7.61. The predicted molar refractivity (Wildman–Crippen MR) is 51.4 cm³/mol. The fourth-order valence-corrected chi connectivity index (χ4v) is 1.70. The van der Waals surface area contributed by atoms with Crippen molar-refractivity contribution < 1.29 is 13.0 Å². The van der Waals surface area contributed by atoms with Crippen LogP contribution in [0.15, 0.2) is 23.4 Å².